The van der Waals surface area contributed by atoms with Crippen molar-refractivity contribution in [2.24, 2.45) is 0 Å². The molecule has 1 aromatic heterocycles. The van der Waals surface area contributed by atoms with Crippen molar-refractivity contribution in [3.8, 4) is 0 Å². The molecule has 0 spiro atoms. The third-order valence-electron chi connectivity index (χ3n) is 5.05. The first kappa shape index (κ1) is 18.1. The van der Waals surface area contributed by atoms with Gasteiger partial charge in [-0.15, -0.1) is 0 Å². The summed E-state index contributed by atoms with van der Waals surface area (Å²) in [6.45, 7) is 10.4. The molecule has 1 aliphatic heterocycles. The predicted octanol–water partition coefficient (Wildman–Crippen LogP) is 4.25. The van der Waals surface area contributed by atoms with Crippen molar-refractivity contribution in [2.45, 2.75) is 64.3 Å². The zero-order valence-corrected chi connectivity index (χ0v) is 16.4. The van der Waals surface area contributed by atoms with Crippen LogP contribution in [0, 0.1) is 20.8 Å². The summed E-state index contributed by atoms with van der Waals surface area (Å²) in [7, 11) is -3.57. The Kier molecular flexibility index (Phi) is 4.77. The second kappa shape index (κ2) is 6.57. The fourth-order valence-electron chi connectivity index (χ4n) is 3.38. The van der Waals surface area contributed by atoms with E-state index in [0.717, 1.165) is 35.2 Å². The highest BCUT2D eigenvalue weighted by atomic mass is 32.2. The SMILES string of the molecule is Cc1cc(C)c(S(=O)(=O)N2CCC[C@H]2c2cc(C(C)C)no2)cc1C. The van der Waals surface area contributed by atoms with E-state index in [1.807, 2.05) is 46.8 Å². The first-order valence-corrected chi connectivity index (χ1v) is 10.2. The third-order valence-corrected chi connectivity index (χ3v) is 7.10. The molecule has 0 amide bonds. The quantitative estimate of drug-likeness (QED) is 0.816. The van der Waals surface area contributed by atoms with Crippen molar-refractivity contribution in [3.63, 3.8) is 0 Å². The smallest absolute Gasteiger partial charge is 0.244 e. The van der Waals surface area contributed by atoms with E-state index in [4.69, 9.17) is 4.52 Å². The Labute approximate surface area is 150 Å². The fraction of sp³-hybridized carbons (Fsp3) is 0.526. The van der Waals surface area contributed by atoms with Gasteiger partial charge < -0.3 is 4.52 Å². The number of sulfonamides is 1. The molecule has 136 valence electrons. The van der Waals surface area contributed by atoms with Crippen LogP contribution in [-0.2, 0) is 10.0 Å². The molecule has 0 aliphatic carbocycles. The van der Waals surface area contributed by atoms with Crippen LogP contribution >= 0.6 is 0 Å². The van der Waals surface area contributed by atoms with Crippen molar-refractivity contribution in [1.82, 2.24) is 9.46 Å². The highest BCUT2D eigenvalue weighted by Crippen LogP contribution is 2.38. The zero-order chi connectivity index (χ0) is 18.4. The van der Waals surface area contributed by atoms with Crippen LogP contribution in [0.2, 0.25) is 0 Å². The van der Waals surface area contributed by atoms with Gasteiger partial charge in [0, 0.05) is 12.6 Å². The molecular weight excluding hydrogens is 336 g/mol. The summed E-state index contributed by atoms with van der Waals surface area (Å²) in [4.78, 5) is 0.395. The lowest BCUT2D eigenvalue weighted by molar-refractivity contribution is 0.295. The molecule has 3 rings (SSSR count). The molecule has 6 heteroatoms. The van der Waals surface area contributed by atoms with Crippen LogP contribution in [-0.4, -0.2) is 24.4 Å². The average molecular weight is 362 g/mol. The summed E-state index contributed by atoms with van der Waals surface area (Å²) in [5.74, 6) is 0.900. The summed E-state index contributed by atoms with van der Waals surface area (Å²) < 4.78 is 33.7. The minimum atomic E-state index is -3.57. The van der Waals surface area contributed by atoms with E-state index in [0.29, 0.717) is 17.2 Å². The monoisotopic (exact) mass is 362 g/mol. The number of aromatic nitrogens is 1. The van der Waals surface area contributed by atoms with Gasteiger partial charge in [-0.05, 0) is 62.3 Å². The Morgan fingerprint density at radius 2 is 1.80 bits per heavy atom. The molecule has 0 bridgehead atoms. The number of benzene rings is 1. The molecule has 1 saturated heterocycles. The van der Waals surface area contributed by atoms with Crippen LogP contribution in [0.25, 0.3) is 0 Å². The number of hydrogen-bond donors (Lipinski definition) is 0. The zero-order valence-electron chi connectivity index (χ0n) is 15.5. The van der Waals surface area contributed by atoms with Gasteiger partial charge >= 0.3 is 0 Å². The summed E-state index contributed by atoms with van der Waals surface area (Å²) in [6, 6.07) is 5.36. The predicted molar refractivity (Wildman–Crippen MR) is 97.1 cm³/mol. The molecular formula is C19H26N2O3S. The van der Waals surface area contributed by atoms with Crippen LogP contribution < -0.4 is 0 Å². The molecule has 0 unspecified atom stereocenters. The van der Waals surface area contributed by atoms with E-state index in [9.17, 15) is 8.42 Å². The number of aryl methyl sites for hydroxylation is 3. The van der Waals surface area contributed by atoms with Gasteiger partial charge in [-0.25, -0.2) is 8.42 Å². The molecule has 5 nitrogen and oxygen atoms in total. The molecule has 1 aliphatic rings. The lowest BCUT2D eigenvalue weighted by atomic mass is 10.1. The van der Waals surface area contributed by atoms with E-state index < -0.39 is 10.0 Å². The number of nitrogens with zero attached hydrogens (tertiary/aromatic N) is 2. The Morgan fingerprint density at radius 3 is 2.44 bits per heavy atom. The van der Waals surface area contributed by atoms with Crippen LogP contribution in [0.15, 0.2) is 27.6 Å². The summed E-state index contributed by atoms with van der Waals surface area (Å²) in [5.41, 5.74) is 3.74. The van der Waals surface area contributed by atoms with E-state index in [-0.39, 0.29) is 12.0 Å². The number of hydrogen-bond acceptors (Lipinski definition) is 4. The van der Waals surface area contributed by atoms with E-state index in [1.54, 1.807) is 10.4 Å². The molecule has 1 atom stereocenters. The van der Waals surface area contributed by atoms with Gasteiger partial charge in [-0.1, -0.05) is 25.1 Å². The molecule has 2 heterocycles. The van der Waals surface area contributed by atoms with Crippen LogP contribution in [0.1, 0.15) is 66.8 Å². The maximum Gasteiger partial charge on any atom is 0.244 e. The molecule has 0 radical (unpaired) electrons. The van der Waals surface area contributed by atoms with Gasteiger partial charge in [-0.3, -0.25) is 0 Å². The van der Waals surface area contributed by atoms with Gasteiger partial charge in [0.25, 0.3) is 0 Å². The van der Waals surface area contributed by atoms with Crippen molar-refractivity contribution in [2.75, 3.05) is 6.54 Å². The first-order valence-electron chi connectivity index (χ1n) is 8.78. The highest BCUT2D eigenvalue weighted by molar-refractivity contribution is 7.89. The maximum absolute atomic E-state index is 13.3. The van der Waals surface area contributed by atoms with Gasteiger partial charge in [0.1, 0.15) is 0 Å². The Hall–Kier alpha value is -1.66. The summed E-state index contributed by atoms with van der Waals surface area (Å²) in [5, 5.41) is 4.10. The molecule has 2 aromatic rings. The van der Waals surface area contributed by atoms with Gasteiger partial charge in [0.15, 0.2) is 5.76 Å². The van der Waals surface area contributed by atoms with Crippen LogP contribution in [0.3, 0.4) is 0 Å². The molecule has 0 N–H and O–H groups in total. The second-order valence-electron chi connectivity index (χ2n) is 7.28. The minimum absolute atomic E-state index is 0.256. The molecule has 1 aromatic carbocycles. The average Bonchev–Trinajstić information content (AvgIpc) is 3.18. The van der Waals surface area contributed by atoms with Gasteiger partial charge in [0.05, 0.1) is 16.6 Å². The maximum atomic E-state index is 13.3. The molecule has 1 fully saturated rings. The highest BCUT2D eigenvalue weighted by Gasteiger charge is 2.39. The molecule has 25 heavy (non-hydrogen) atoms. The van der Waals surface area contributed by atoms with E-state index in [2.05, 4.69) is 5.16 Å². The Balaban J connectivity index is 2.00. The van der Waals surface area contributed by atoms with Crippen molar-refractivity contribution >= 4 is 10.0 Å². The van der Waals surface area contributed by atoms with E-state index in [1.165, 1.54) is 0 Å². The standard InChI is InChI=1S/C19H26N2O3S/c1-12(2)16-11-18(24-20-16)17-7-6-8-21(17)25(22,23)19-10-14(4)13(3)9-15(19)5/h9-12,17H,6-8H2,1-5H3/t17-/m0/s1. The largest absolute Gasteiger partial charge is 0.359 e. The van der Waals surface area contributed by atoms with Gasteiger partial charge in [-0.2, -0.15) is 4.31 Å². The number of rotatable bonds is 4. The van der Waals surface area contributed by atoms with E-state index >= 15 is 0 Å². The summed E-state index contributed by atoms with van der Waals surface area (Å²) >= 11 is 0. The lowest BCUT2D eigenvalue weighted by Gasteiger charge is -2.23. The van der Waals surface area contributed by atoms with Crippen molar-refractivity contribution < 1.29 is 12.9 Å². The third kappa shape index (κ3) is 3.25. The lowest BCUT2D eigenvalue weighted by Crippen LogP contribution is -2.31. The topological polar surface area (TPSA) is 63.4 Å². The van der Waals surface area contributed by atoms with Crippen LogP contribution in [0.4, 0.5) is 0 Å². The van der Waals surface area contributed by atoms with Crippen molar-refractivity contribution in [1.29, 1.82) is 0 Å². The fourth-order valence-corrected chi connectivity index (χ4v) is 5.34. The Bertz CT molecular complexity index is 884. The minimum Gasteiger partial charge on any atom is -0.359 e. The van der Waals surface area contributed by atoms with Crippen molar-refractivity contribution in [3.05, 3.63) is 46.3 Å². The molecule has 0 saturated carbocycles. The summed E-state index contributed by atoms with van der Waals surface area (Å²) in [6.07, 6.45) is 1.58. The normalized spacial score (nSPS) is 19.0. The first-order chi connectivity index (χ1) is 11.7. The second-order valence-corrected chi connectivity index (χ2v) is 9.14. The van der Waals surface area contributed by atoms with Crippen LogP contribution in [0.5, 0.6) is 0 Å². The Morgan fingerprint density at radius 1 is 1.12 bits per heavy atom. The van der Waals surface area contributed by atoms with Gasteiger partial charge in [0.2, 0.25) is 10.0 Å².